The first-order chi connectivity index (χ1) is 13.3. The number of amides is 1. The van der Waals surface area contributed by atoms with Crippen LogP contribution in [0.15, 0.2) is 42.5 Å². The standard InChI is InChI=1S/C19H19N3O.H3O4P/c1-20-11-12-5-7-13(8-6-12)18-14-9-10-21-19(23)15-3-2-4-16(22-18)17(14)15;1-5(2,3)4/h2-8,20,22H,9-11H2,1H3,(H,21,23);(H3,1,2,3,4). The average molecular weight is 403 g/mol. The van der Waals surface area contributed by atoms with Gasteiger partial charge < -0.3 is 30.3 Å². The number of carbonyl (C=O) groups excluding carboxylic acids is 1. The molecule has 2 aromatic carbocycles. The van der Waals surface area contributed by atoms with Crippen LogP contribution in [0.1, 0.15) is 21.5 Å². The number of hydrogen-bond acceptors (Lipinski definition) is 3. The van der Waals surface area contributed by atoms with E-state index in [1.807, 2.05) is 25.2 Å². The SMILES string of the molecule is CNCc1ccc(-c2[nH]c3cccc4c3c2CCNC4=O)cc1.O=P(O)(O)O. The summed E-state index contributed by atoms with van der Waals surface area (Å²) in [5.74, 6) is 0.0178. The zero-order valence-electron chi connectivity index (χ0n) is 15.3. The van der Waals surface area contributed by atoms with Crippen LogP contribution >= 0.6 is 7.82 Å². The number of H-pyrrole nitrogens is 1. The highest BCUT2D eigenvalue weighted by atomic mass is 31.2. The molecule has 3 aromatic rings. The van der Waals surface area contributed by atoms with Crippen molar-refractivity contribution >= 4 is 24.6 Å². The van der Waals surface area contributed by atoms with Gasteiger partial charge in [-0.25, -0.2) is 4.57 Å². The van der Waals surface area contributed by atoms with Crippen LogP contribution in [0.3, 0.4) is 0 Å². The Morgan fingerprint density at radius 3 is 2.43 bits per heavy atom. The zero-order valence-corrected chi connectivity index (χ0v) is 16.2. The Kier molecular flexibility index (Phi) is 5.98. The van der Waals surface area contributed by atoms with E-state index in [1.165, 1.54) is 11.1 Å². The quantitative estimate of drug-likeness (QED) is 0.370. The molecule has 0 bridgehead atoms. The second kappa shape index (κ2) is 8.26. The Labute approximate surface area is 161 Å². The van der Waals surface area contributed by atoms with Crippen molar-refractivity contribution < 1.29 is 24.0 Å². The van der Waals surface area contributed by atoms with E-state index < -0.39 is 7.82 Å². The lowest BCUT2D eigenvalue weighted by Gasteiger charge is -2.06. The lowest BCUT2D eigenvalue weighted by atomic mass is 10.00. The highest BCUT2D eigenvalue weighted by Crippen LogP contribution is 2.34. The molecule has 0 spiro atoms. The van der Waals surface area contributed by atoms with Crippen LogP contribution in [0.2, 0.25) is 0 Å². The molecule has 0 aliphatic carbocycles. The number of rotatable bonds is 3. The average Bonchev–Trinajstić information content (AvgIpc) is 2.90. The summed E-state index contributed by atoms with van der Waals surface area (Å²) in [5, 5.41) is 7.21. The third-order valence-corrected chi connectivity index (χ3v) is 4.46. The van der Waals surface area contributed by atoms with Gasteiger partial charge in [-0.15, -0.1) is 0 Å². The molecule has 8 nitrogen and oxygen atoms in total. The van der Waals surface area contributed by atoms with Crippen molar-refractivity contribution in [3.05, 3.63) is 59.2 Å². The molecule has 0 radical (unpaired) electrons. The van der Waals surface area contributed by atoms with Gasteiger partial charge in [0, 0.05) is 35.2 Å². The first kappa shape index (κ1) is 20.3. The highest BCUT2D eigenvalue weighted by Gasteiger charge is 2.21. The molecular formula is C19H22N3O5P. The second-order valence-corrected chi connectivity index (χ2v) is 7.48. The zero-order chi connectivity index (χ0) is 20.3. The van der Waals surface area contributed by atoms with Gasteiger partial charge in [0.2, 0.25) is 0 Å². The van der Waals surface area contributed by atoms with E-state index in [-0.39, 0.29) is 5.91 Å². The van der Waals surface area contributed by atoms with Gasteiger partial charge in [0.25, 0.3) is 5.91 Å². The lowest BCUT2D eigenvalue weighted by Crippen LogP contribution is -2.23. The Balaban J connectivity index is 0.000000403. The third kappa shape index (κ3) is 4.67. The van der Waals surface area contributed by atoms with Crippen molar-refractivity contribution in [2.24, 2.45) is 0 Å². The van der Waals surface area contributed by atoms with Gasteiger partial charge in [-0.2, -0.15) is 0 Å². The maximum atomic E-state index is 12.2. The lowest BCUT2D eigenvalue weighted by molar-refractivity contribution is 0.0957. The summed E-state index contributed by atoms with van der Waals surface area (Å²) in [7, 11) is -2.69. The highest BCUT2D eigenvalue weighted by molar-refractivity contribution is 7.45. The topological polar surface area (TPSA) is 135 Å². The summed E-state index contributed by atoms with van der Waals surface area (Å²) in [6.45, 7) is 1.54. The molecule has 0 saturated carbocycles. The van der Waals surface area contributed by atoms with Crippen LogP contribution in [-0.2, 0) is 17.5 Å². The fourth-order valence-corrected chi connectivity index (χ4v) is 3.39. The number of aromatic nitrogens is 1. The minimum absolute atomic E-state index is 0.0178. The van der Waals surface area contributed by atoms with Gasteiger partial charge in [-0.3, -0.25) is 4.79 Å². The second-order valence-electron chi connectivity index (χ2n) is 6.45. The Morgan fingerprint density at radius 2 is 1.79 bits per heavy atom. The third-order valence-electron chi connectivity index (χ3n) is 4.46. The van der Waals surface area contributed by atoms with Crippen LogP contribution in [0.4, 0.5) is 0 Å². The largest absolute Gasteiger partial charge is 0.466 e. The minimum Gasteiger partial charge on any atom is -0.354 e. The van der Waals surface area contributed by atoms with Crippen LogP contribution in [0.5, 0.6) is 0 Å². The van der Waals surface area contributed by atoms with Crippen molar-refractivity contribution in [2.45, 2.75) is 13.0 Å². The van der Waals surface area contributed by atoms with Crippen LogP contribution in [-0.4, -0.2) is 39.2 Å². The molecule has 2 heterocycles. The predicted octanol–water partition coefficient (Wildman–Crippen LogP) is 1.91. The molecule has 1 aliphatic rings. The normalized spacial score (nSPS) is 13.5. The van der Waals surface area contributed by atoms with Crippen molar-refractivity contribution in [3.8, 4) is 11.3 Å². The molecule has 0 unspecified atom stereocenters. The van der Waals surface area contributed by atoms with Gasteiger partial charge in [-0.1, -0.05) is 30.3 Å². The number of phosphoric acid groups is 1. The van der Waals surface area contributed by atoms with E-state index in [1.54, 1.807) is 0 Å². The summed E-state index contributed by atoms with van der Waals surface area (Å²) in [4.78, 5) is 37.3. The van der Waals surface area contributed by atoms with Gasteiger partial charge in [-0.05, 0) is 42.3 Å². The molecule has 28 heavy (non-hydrogen) atoms. The minimum atomic E-state index is -4.64. The van der Waals surface area contributed by atoms with Crippen LogP contribution < -0.4 is 10.6 Å². The number of nitrogens with one attached hydrogen (secondary N) is 3. The molecule has 1 aliphatic heterocycles. The summed E-state index contributed by atoms with van der Waals surface area (Å²) >= 11 is 0. The monoisotopic (exact) mass is 403 g/mol. The predicted molar refractivity (Wildman–Crippen MR) is 107 cm³/mol. The maximum Gasteiger partial charge on any atom is 0.466 e. The first-order valence-corrected chi connectivity index (χ1v) is 10.3. The van der Waals surface area contributed by atoms with E-state index in [2.05, 4.69) is 39.9 Å². The van der Waals surface area contributed by atoms with Crippen LogP contribution in [0.25, 0.3) is 22.2 Å². The van der Waals surface area contributed by atoms with Crippen molar-refractivity contribution in [2.75, 3.05) is 13.6 Å². The van der Waals surface area contributed by atoms with E-state index in [0.29, 0.717) is 6.54 Å². The van der Waals surface area contributed by atoms with Crippen LogP contribution in [0, 0.1) is 0 Å². The van der Waals surface area contributed by atoms with E-state index in [0.717, 1.165) is 40.7 Å². The smallest absolute Gasteiger partial charge is 0.354 e. The molecule has 1 amide bonds. The molecule has 0 atom stereocenters. The van der Waals surface area contributed by atoms with Crippen molar-refractivity contribution in [3.63, 3.8) is 0 Å². The maximum absolute atomic E-state index is 12.2. The Bertz CT molecular complexity index is 1030. The number of aromatic amines is 1. The van der Waals surface area contributed by atoms with Gasteiger partial charge >= 0.3 is 7.82 Å². The van der Waals surface area contributed by atoms with Crippen molar-refractivity contribution in [1.82, 2.24) is 15.6 Å². The molecule has 1 aromatic heterocycles. The summed E-state index contributed by atoms with van der Waals surface area (Å²) in [6.07, 6.45) is 0.844. The van der Waals surface area contributed by atoms with Gasteiger partial charge in [0.05, 0.1) is 0 Å². The Hall–Kier alpha value is -2.48. The fourth-order valence-electron chi connectivity index (χ4n) is 3.39. The molecule has 9 heteroatoms. The summed E-state index contributed by atoms with van der Waals surface area (Å²) in [5.41, 5.74) is 6.58. The van der Waals surface area contributed by atoms with E-state index in [9.17, 15) is 4.79 Å². The first-order valence-electron chi connectivity index (χ1n) is 8.72. The molecule has 4 rings (SSSR count). The molecule has 6 N–H and O–H groups in total. The number of carbonyl (C=O) groups is 1. The molecule has 0 fully saturated rings. The van der Waals surface area contributed by atoms with E-state index in [4.69, 9.17) is 19.2 Å². The summed E-state index contributed by atoms with van der Waals surface area (Å²) in [6, 6.07) is 14.5. The fraction of sp³-hybridized carbons (Fsp3) is 0.211. The van der Waals surface area contributed by atoms with Gasteiger partial charge in [0.1, 0.15) is 0 Å². The number of benzene rings is 2. The number of hydrogen-bond donors (Lipinski definition) is 6. The summed E-state index contributed by atoms with van der Waals surface area (Å²) < 4.78 is 8.88. The Morgan fingerprint density at radius 1 is 1.11 bits per heavy atom. The van der Waals surface area contributed by atoms with Gasteiger partial charge in [0.15, 0.2) is 0 Å². The molecule has 148 valence electrons. The molecule has 0 saturated heterocycles. The molecular weight excluding hydrogens is 381 g/mol. The van der Waals surface area contributed by atoms with E-state index >= 15 is 0 Å². The van der Waals surface area contributed by atoms with Crippen molar-refractivity contribution in [1.29, 1.82) is 0 Å².